The second-order valence-corrected chi connectivity index (χ2v) is 8.54. The van der Waals surface area contributed by atoms with E-state index in [1.54, 1.807) is 13.0 Å². The molecule has 2 rings (SSSR count). The molecule has 0 unspecified atom stereocenters. The highest BCUT2D eigenvalue weighted by atomic mass is 79.9. The first-order chi connectivity index (χ1) is 9.79. The van der Waals surface area contributed by atoms with Crippen molar-refractivity contribution in [3.05, 3.63) is 27.7 Å². The third-order valence-corrected chi connectivity index (χ3v) is 6.21. The molecule has 0 atom stereocenters. The van der Waals surface area contributed by atoms with Crippen molar-refractivity contribution in [3.63, 3.8) is 0 Å². The average molecular weight is 396 g/mol. The lowest BCUT2D eigenvalue weighted by Gasteiger charge is -2.22. The zero-order valence-corrected chi connectivity index (χ0v) is 14.7. The summed E-state index contributed by atoms with van der Waals surface area (Å²) >= 11 is 3.18. The van der Waals surface area contributed by atoms with Gasteiger partial charge < -0.3 is 4.74 Å². The van der Waals surface area contributed by atoms with E-state index in [1.807, 2.05) is 0 Å². The third-order valence-electron chi connectivity index (χ3n) is 3.55. The SMILES string of the molecule is Cc1cc(C(=O)OC2CCCCC2)cc(S(=O)(=O)Cl)c1Br. The molecule has 116 valence electrons. The molecular weight excluding hydrogens is 380 g/mol. The van der Waals surface area contributed by atoms with Gasteiger partial charge in [-0.25, -0.2) is 13.2 Å². The number of esters is 1. The van der Waals surface area contributed by atoms with Gasteiger partial charge >= 0.3 is 5.97 Å². The second-order valence-electron chi connectivity index (χ2n) is 5.21. The summed E-state index contributed by atoms with van der Waals surface area (Å²) in [6, 6.07) is 2.85. The number of halogens is 2. The van der Waals surface area contributed by atoms with E-state index < -0.39 is 15.0 Å². The van der Waals surface area contributed by atoms with Crippen LogP contribution in [0.5, 0.6) is 0 Å². The normalized spacial score (nSPS) is 16.7. The molecule has 0 heterocycles. The van der Waals surface area contributed by atoms with Crippen LogP contribution in [-0.4, -0.2) is 20.5 Å². The smallest absolute Gasteiger partial charge is 0.338 e. The summed E-state index contributed by atoms with van der Waals surface area (Å²) < 4.78 is 28.9. The van der Waals surface area contributed by atoms with Gasteiger partial charge in [0.15, 0.2) is 0 Å². The van der Waals surface area contributed by atoms with Crippen molar-refractivity contribution in [1.82, 2.24) is 0 Å². The van der Waals surface area contributed by atoms with Gasteiger partial charge in [-0.15, -0.1) is 0 Å². The Balaban J connectivity index is 2.27. The summed E-state index contributed by atoms with van der Waals surface area (Å²) in [5.74, 6) is -0.501. The molecule has 1 aliphatic rings. The summed E-state index contributed by atoms with van der Waals surface area (Å²) in [6.45, 7) is 1.70. The Morgan fingerprint density at radius 3 is 2.48 bits per heavy atom. The van der Waals surface area contributed by atoms with Crippen molar-refractivity contribution < 1.29 is 17.9 Å². The maximum Gasteiger partial charge on any atom is 0.338 e. The standard InChI is InChI=1S/C14H16BrClO4S/c1-9-7-10(8-12(13(9)15)21(16,18)19)14(17)20-11-5-3-2-4-6-11/h7-8,11H,2-6H2,1H3. The lowest BCUT2D eigenvalue weighted by molar-refractivity contribution is 0.0210. The van der Waals surface area contributed by atoms with Gasteiger partial charge in [0.1, 0.15) is 6.10 Å². The third kappa shape index (κ3) is 4.20. The molecule has 1 fully saturated rings. The van der Waals surface area contributed by atoms with Gasteiger partial charge in [-0.3, -0.25) is 0 Å². The minimum atomic E-state index is -3.93. The second kappa shape index (κ2) is 6.67. The van der Waals surface area contributed by atoms with E-state index in [1.165, 1.54) is 12.5 Å². The highest BCUT2D eigenvalue weighted by Crippen LogP contribution is 2.30. The van der Waals surface area contributed by atoms with Crippen LogP contribution in [0.15, 0.2) is 21.5 Å². The van der Waals surface area contributed by atoms with Crippen molar-refractivity contribution in [2.75, 3.05) is 0 Å². The molecule has 1 saturated carbocycles. The number of carbonyl (C=O) groups excluding carboxylic acids is 1. The van der Waals surface area contributed by atoms with Crippen molar-refractivity contribution in [3.8, 4) is 0 Å². The molecule has 0 N–H and O–H groups in total. The summed E-state index contributed by atoms with van der Waals surface area (Å²) in [7, 11) is 1.47. The van der Waals surface area contributed by atoms with Crippen LogP contribution in [0.4, 0.5) is 0 Å². The molecular formula is C14H16BrClO4S. The first kappa shape index (κ1) is 16.8. The maximum atomic E-state index is 12.2. The Labute approximate surface area is 137 Å². The zero-order chi connectivity index (χ0) is 15.6. The van der Waals surface area contributed by atoms with E-state index in [0.717, 1.165) is 25.7 Å². The van der Waals surface area contributed by atoms with E-state index in [4.69, 9.17) is 15.4 Å². The molecule has 0 amide bonds. The van der Waals surface area contributed by atoms with Crippen LogP contribution >= 0.6 is 26.6 Å². The lowest BCUT2D eigenvalue weighted by Crippen LogP contribution is -2.21. The fourth-order valence-electron chi connectivity index (χ4n) is 2.43. The molecule has 1 aromatic carbocycles. The predicted molar refractivity (Wildman–Crippen MR) is 84.2 cm³/mol. The first-order valence-electron chi connectivity index (χ1n) is 6.75. The molecule has 0 aliphatic heterocycles. The Morgan fingerprint density at radius 1 is 1.29 bits per heavy atom. The van der Waals surface area contributed by atoms with Crippen molar-refractivity contribution in [2.45, 2.75) is 50.0 Å². The van der Waals surface area contributed by atoms with Gasteiger partial charge in [-0.05, 0) is 66.2 Å². The summed E-state index contributed by atoms with van der Waals surface area (Å²) in [6.07, 6.45) is 4.92. The summed E-state index contributed by atoms with van der Waals surface area (Å²) in [5, 5.41) is 0. The van der Waals surface area contributed by atoms with Crippen molar-refractivity contribution in [1.29, 1.82) is 0 Å². The first-order valence-corrected chi connectivity index (χ1v) is 9.85. The molecule has 0 aromatic heterocycles. The molecule has 1 aliphatic carbocycles. The lowest BCUT2D eigenvalue weighted by atomic mass is 9.98. The topological polar surface area (TPSA) is 60.4 Å². The molecule has 0 saturated heterocycles. The van der Waals surface area contributed by atoms with E-state index >= 15 is 0 Å². The number of aryl methyl sites for hydroxylation is 1. The van der Waals surface area contributed by atoms with Gasteiger partial charge in [-0.2, -0.15) is 0 Å². The van der Waals surface area contributed by atoms with E-state index in [9.17, 15) is 13.2 Å². The van der Waals surface area contributed by atoms with E-state index in [2.05, 4.69) is 15.9 Å². The Kier molecular flexibility index (Phi) is 5.33. The predicted octanol–water partition coefficient (Wildman–Crippen LogP) is 4.17. The maximum absolute atomic E-state index is 12.2. The van der Waals surface area contributed by atoms with Gasteiger partial charge in [0.25, 0.3) is 9.05 Å². The fourth-order valence-corrected chi connectivity index (χ4v) is 4.59. The number of carbonyl (C=O) groups is 1. The quantitative estimate of drug-likeness (QED) is 0.569. The molecule has 0 bridgehead atoms. The van der Waals surface area contributed by atoms with Crippen LogP contribution in [0.2, 0.25) is 0 Å². The van der Waals surface area contributed by atoms with Crippen LogP contribution in [0, 0.1) is 6.92 Å². The van der Waals surface area contributed by atoms with E-state index in [0.29, 0.717) is 10.0 Å². The monoisotopic (exact) mass is 394 g/mol. The highest BCUT2D eigenvalue weighted by Gasteiger charge is 2.23. The number of rotatable bonds is 3. The van der Waals surface area contributed by atoms with Gasteiger partial charge in [0.05, 0.1) is 10.5 Å². The number of hydrogen-bond acceptors (Lipinski definition) is 4. The highest BCUT2D eigenvalue weighted by molar-refractivity contribution is 9.10. The van der Waals surface area contributed by atoms with Crippen LogP contribution in [0.25, 0.3) is 0 Å². The molecule has 1 aromatic rings. The summed E-state index contributed by atoms with van der Waals surface area (Å²) in [4.78, 5) is 12.1. The summed E-state index contributed by atoms with van der Waals surface area (Å²) in [5.41, 5.74) is 0.827. The van der Waals surface area contributed by atoms with Crippen LogP contribution in [0.1, 0.15) is 48.0 Å². The van der Waals surface area contributed by atoms with Gasteiger partial charge in [0.2, 0.25) is 0 Å². The Bertz CT molecular complexity index is 651. The van der Waals surface area contributed by atoms with Crippen LogP contribution in [-0.2, 0) is 13.8 Å². The minimum Gasteiger partial charge on any atom is -0.459 e. The molecule has 4 nitrogen and oxygen atoms in total. The molecule has 21 heavy (non-hydrogen) atoms. The number of ether oxygens (including phenoxy) is 1. The van der Waals surface area contributed by atoms with Gasteiger partial charge in [-0.1, -0.05) is 6.42 Å². The van der Waals surface area contributed by atoms with Gasteiger partial charge in [0, 0.05) is 15.2 Å². The Hall–Kier alpha value is -0.590. The largest absolute Gasteiger partial charge is 0.459 e. The Morgan fingerprint density at radius 2 is 1.90 bits per heavy atom. The number of hydrogen-bond donors (Lipinski definition) is 0. The van der Waals surface area contributed by atoms with Crippen LogP contribution < -0.4 is 0 Å². The number of benzene rings is 1. The fraction of sp³-hybridized carbons (Fsp3) is 0.500. The van der Waals surface area contributed by atoms with Crippen LogP contribution in [0.3, 0.4) is 0 Å². The minimum absolute atomic E-state index is 0.0775. The molecule has 7 heteroatoms. The zero-order valence-electron chi connectivity index (χ0n) is 11.6. The van der Waals surface area contributed by atoms with Crippen molar-refractivity contribution >= 4 is 41.6 Å². The molecule has 0 radical (unpaired) electrons. The van der Waals surface area contributed by atoms with Crippen molar-refractivity contribution in [2.24, 2.45) is 0 Å². The molecule has 0 spiro atoms. The van der Waals surface area contributed by atoms with E-state index in [-0.39, 0.29) is 16.6 Å². The average Bonchev–Trinajstić information content (AvgIpc) is 2.41.